The molecule has 0 saturated carbocycles. The number of nitro groups is 1. The molecule has 1 aliphatic rings. The number of benzene rings is 2. The monoisotopic (exact) mass is 323 g/mol. The molecule has 0 spiro atoms. The van der Waals surface area contributed by atoms with Gasteiger partial charge in [0.15, 0.2) is 0 Å². The maximum atomic E-state index is 11.1. The Morgan fingerprint density at radius 2 is 2.04 bits per heavy atom. The van der Waals surface area contributed by atoms with Crippen LogP contribution in [0.1, 0.15) is 42.9 Å². The lowest BCUT2D eigenvalue weighted by molar-refractivity contribution is -0.384. The Morgan fingerprint density at radius 3 is 2.67 bits per heavy atom. The predicted molar refractivity (Wildman–Crippen MR) is 95.8 cm³/mol. The summed E-state index contributed by atoms with van der Waals surface area (Å²) in [7, 11) is 0. The molecule has 1 heterocycles. The van der Waals surface area contributed by atoms with Crippen molar-refractivity contribution < 1.29 is 4.92 Å². The van der Waals surface area contributed by atoms with Gasteiger partial charge in [-0.1, -0.05) is 37.3 Å². The summed E-state index contributed by atoms with van der Waals surface area (Å²) < 4.78 is 0. The minimum absolute atomic E-state index is 0.0807. The molecule has 0 aromatic heterocycles. The van der Waals surface area contributed by atoms with E-state index in [1.54, 1.807) is 18.2 Å². The van der Waals surface area contributed by atoms with Crippen LogP contribution in [0.3, 0.4) is 0 Å². The van der Waals surface area contributed by atoms with E-state index in [-0.39, 0.29) is 28.5 Å². The molecule has 124 valence electrons. The second-order valence-corrected chi connectivity index (χ2v) is 6.24. The van der Waals surface area contributed by atoms with Gasteiger partial charge in [0.1, 0.15) is 0 Å². The highest BCUT2D eigenvalue weighted by molar-refractivity contribution is 5.65. The van der Waals surface area contributed by atoms with Crippen LogP contribution in [0.2, 0.25) is 0 Å². The van der Waals surface area contributed by atoms with Crippen LogP contribution in [0.4, 0.5) is 11.4 Å². The number of hydrogen-bond donors (Lipinski definition) is 2. The number of fused-ring (bicyclic) bond motifs is 1. The fraction of sp³-hybridized carbons (Fsp3) is 0.316. The fourth-order valence-electron chi connectivity index (χ4n) is 3.47. The summed E-state index contributed by atoms with van der Waals surface area (Å²) in [6, 6.07) is 15.3. The molecule has 2 aromatic rings. The molecule has 1 aliphatic heterocycles. The molecular weight excluding hydrogens is 302 g/mol. The van der Waals surface area contributed by atoms with Gasteiger partial charge < -0.3 is 10.7 Å². The third-order valence-electron chi connectivity index (χ3n) is 4.83. The van der Waals surface area contributed by atoms with Crippen LogP contribution >= 0.6 is 0 Å². The maximum Gasteiger partial charge on any atom is 0.269 e. The van der Waals surface area contributed by atoms with Crippen molar-refractivity contribution in [2.24, 2.45) is 5.92 Å². The van der Waals surface area contributed by atoms with Crippen LogP contribution in [0.15, 0.2) is 48.5 Å². The van der Waals surface area contributed by atoms with Gasteiger partial charge in [0, 0.05) is 23.7 Å². The third-order valence-corrected chi connectivity index (χ3v) is 4.83. The van der Waals surface area contributed by atoms with Gasteiger partial charge in [-0.15, -0.1) is 0 Å². The third kappa shape index (κ3) is 3.02. The lowest BCUT2D eigenvalue weighted by atomic mass is 9.82. The number of hydrogen-bond acceptors (Lipinski definition) is 4. The molecule has 0 saturated heterocycles. The Balaban J connectivity index is 2.01. The van der Waals surface area contributed by atoms with Gasteiger partial charge in [0.2, 0.25) is 0 Å². The number of nitrogens with zero attached hydrogens (tertiary/aromatic N) is 1. The van der Waals surface area contributed by atoms with Gasteiger partial charge in [-0.3, -0.25) is 10.1 Å². The summed E-state index contributed by atoms with van der Waals surface area (Å²) in [4.78, 5) is 10.8. The Bertz CT molecular complexity index is 746. The van der Waals surface area contributed by atoms with E-state index in [1.165, 1.54) is 11.8 Å². The quantitative estimate of drug-likeness (QED) is 0.450. The van der Waals surface area contributed by atoms with Gasteiger partial charge in [-0.25, -0.2) is 0 Å². The van der Waals surface area contributed by atoms with E-state index in [1.807, 2.05) is 18.2 Å². The highest BCUT2D eigenvalue weighted by atomic mass is 16.6. The number of rotatable bonds is 6. The summed E-state index contributed by atoms with van der Waals surface area (Å²) in [5, 5.41) is 22.3. The van der Waals surface area contributed by atoms with E-state index in [0.29, 0.717) is 0 Å². The predicted octanol–water partition coefficient (Wildman–Crippen LogP) is 4.91. The summed E-state index contributed by atoms with van der Waals surface area (Å²) in [6.45, 7) is 2.07. The van der Waals surface area contributed by atoms with Crippen molar-refractivity contribution in [1.82, 2.24) is 0 Å². The zero-order valence-electron chi connectivity index (χ0n) is 13.6. The van der Waals surface area contributed by atoms with Crippen LogP contribution in [-0.4, -0.2) is 11.1 Å². The van der Waals surface area contributed by atoms with Gasteiger partial charge in [0.25, 0.3) is 5.69 Å². The Labute approximate surface area is 141 Å². The highest BCUT2D eigenvalue weighted by Gasteiger charge is 2.35. The van der Waals surface area contributed by atoms with E-state index in [4.69, 9.17) is 5.41 Å². The molecule has 0 aliphatic carbocycles. The molecule has 2 N–H and O–H groups in total. The van der Waals surface area contributed by atoms with E-state index in [9.17, 15) is 10.1 Å². The second kappa shape index (κ2) is 6.83. The number of non-ortho nitro benzene ring substituents is 1. The maximum absolute atomic E-state index is 11.1. The standard InChI is InChI=1S/C19H21N3O2/c1-2-13(12-20)10-17-16-11-15(22(23)24)8-9-18(16)21-19(17)14-6-4-3-5-7-14/h3-9,11-13,17,19-21H,2,10H2,1H3. The summed E-state index contributed by atoms with van der Waals surface area (Å²) >= 11 is 0. The molecule has 3 rings (SSSR count). The van der Waals surface area contributed by atoms with Crippen molar-refractivity contribution >= 4 is 17.6 Å². The van der Waals surface area contributed by atoms with Crippen LogP contribution in [0.5, 0.6) is 0 Å². The average Bonchev–Trinajstić information content (AvgIpc) is 2.97. The van der Waals surface area contributed by atoms with Crippen LogP contribution < -0.4 is 5.32 Å². The zero-order chi connectivity index (χ0) is 17.1. The molecule has 0 bridgehead atoms. The van der Waals surface area contributed by atoms with Crippen molar-refractivity contribution in [3.05, 3.63) is 69.8 Å². The minimum atomic E-state index is -0.346. The van der Waals surface area contributed by atoms with Gasteiger partial charge in [0.05, 0.1) is 11.0 Å². The SMILES string of the molecule is CCC(C=N)CC1c2cc([N+](=O)[O-])ccc2NC1c1ccccc1. The van der Waals surface area contributed by atoms with Crippen LogP contribution in [0.25, 0.3) is 0 Å². The van der Waals surface area contributed by atoms with Crippen molar-refractivity contribution in [2.75, 3.05) is 5.32 Å². The highest BCUT2D eigenvalue weighted by Crippen LogP contribution is 2.48. The first-order valence-corrected chi connectivity index (χ1v) is 8.24. The summed E-state index contributed by atoms with van der Waals surface area (Å²) in [5.41, 5.74) is 3.23. The van der Waals surface area contributed by atoms with Crippen molar-refractivity contribution in [3.63, 3.8) is 0 Å². The molecule has 0 fully saturated rings. The van der Waals surface area contributed by atoms with Crippen LogP contribution in [0, 0.1) is 21.4 Å². The number of nitrogens with one attached hydrogen (secondary N) is 2. The van der Waals surface area contributed by atoms with Crippen molar-refractivity contribution in [2.45, 2.75) is 31.7 Å². The normalized spacial score (nSPS) is 20.0. The molecule has 0 radical (unpaired) electrons. The number of anilines is 1. The first-order chi connectivity index (χ1) is 11.6. The first kappa shape index (κ1) is 16.2. The van der Waals surface area contributed by atoms with E-state index >= 15 is 0 Å². The Kier molecular flexibility index (Phi) is 4.60. The second-order valence-electron chi connectivity index (χ2n) is 6.24. The van der Waals surface area contributed by atoms with E-state index in [2.05, 4.69) is 24.4 Å². The van der Waals surface area contributed by atoms with Crippen molar-refractivity contribution in [3.8, 4) is 0 Å². The van der Waals surface area contributed by atoms with E-state index < -0.39 is 0 Å². The zero-order valence-corrected chi connectivity index (χ0v) is 13.6. The first-order valence-electron chi connectivity index (χ1n) is 8.24. The van der Waals surface area contributed by atoms with Gasteiger partial charge in [-0.05, 0) is 42.2 Å². The lowest BCUT2D eigenvalue weighted by Crippen LogP contribution is -2.15. The Morgan fingerprint density at radius 1 is 1.29 bits per heavy atom. The Hall–Kier alpha value is -2.69. The minimum Gasteiger partial charge on any atom is -0.377 e. The molecule has 0 amide bonds. The number of nitro benzene ring substituents is 1. The lowest BCUT2D eigenvalue weighted by Gasteiger charge is -2.23. The van der Waals surface area contributed by atoms with Crippen molar-refractivity contribution in [1.29, 1.82) is 5.41 Å². The van der Waals surface area contributed by atoms with Gasteiger partial charge in [-0.2, -0.15) is 0 Å². The molecular formula is C19H21N3O2. The molecule has 24 heavy (non-hydrogen) atoms. The smallest absolute Gasteiger partial charge is 0.269 e. The van der Waals surface area contributed by atoms with Crippen LogP contribution in [-0.2, 0) is 0 Å². The average molecular weight is 323 g/mol. The molecule has 2 aromatic carbocycles. The van der Waals surface area contributed by atoms with Gasteiger partial charge >= 0.3 is 0 Å². The summed E-state index contributed by atoms with van der Waals surface area (Å²) in [6.07, 6.45) is 3.20. The molecule has 5 nitrogen and oxygen atoms in total. The molecule has 3 unspecified atom stereocenters. The summed E-state index contributed by atoms with van der Waals surface area (Å²) in [5.74, 6) is 0.294. The fourth-order valence-corrected chi connectivity index (χ4v) is 3.47. The topological polar surface area (TPSA) is 79.0 Å². The molecule has 5 heteroatoms. The largest absolute Gasteiger partial charge is 0.377 e. The molecule has 3 atom stereocenters. The van der Waals surface area contributed by atoms with E-state index in [0.717, 1.165) is 24.1 Å².